The third-order valence-corrected chi connectivity index (χ3v) is 8.09. The van der Waals surface area contributed by atoms with Crippen molar-refractivity contribution in [3.63, 3.8) is 0 Å². The van der Waals surface area contributed by atoms with Gasteiger partial charge in [-0.2, -0.15) is 24.9 Å². The molecule has 254 valence electrons. The van der Waals surface area contributed by atoms with Crippen LogP contribution < -0.4 is 89.3 Å². The van der Waals surface area contributed by atoms with Gasteiger partial charge in [0.25, 0.3) is 0 Å². The second kappa shape index (κ2) is 18.0. The maximum atomic E-state index is 12.3. The standard InChI is InChI=1S/C29H27N9O9S2.2Na/c1-45-27-34-24(30-19-7-5-4-6-8-19)33-25(35-27)31-20-13-11-17(22(15-20)48(39,40)41)9-10-18-12-14-21(16-23(18)49(42,43)44)32-26-36-28(46-2)38-29(37-26)47-3;;/h4-16H,1-3H3,(H,39,40,41)(H,42,43,44)(H,32,36,37,38)(H2,30,31,33,34,35);;/q;2*+1/p-2. The van der Waals surface area contributed by atoms with Gasteiger partial charge < -0.3 is 39.3 Å². The molecule has 0 unspecified atom stereocenters. The van der Waals surface area contributed by atoms with Crippen molar-refractivity contribution in [3.8, 4) is 18.0 Å². The zero-order valence-electron chi connectivity index (χ0n) is 27.7. The molecule has 0 aliphatic heterocycles. The summed E-state index contributed by atoms with van der Waals surface area (Å²) in [6, 6.07) is 16.3. The molecule has 18 nitrogen and oxygen atoms in total. The molecule has 0 amide bonds. The molecule has 0 saturated carbocycles. The van der Waals surface area contributed by atoms with E-state index in [1.165, 1.54) is 57.7 Å². The largest absolute Gasteiger partial charge is 1.00 e. The van der Waals surface area contributed by atoms with Gasteiger partial charge in [-0.05, 0) is 47.5 Å². The molecule has 22 heteroatoms. The van der Waals surface area contributed by atoms with Crippen molar-refractivity contribution < 1.29 is 99.3 Å². The first-order valence-electron chi connectivity index (χ1n) is 13.7. The van der Waals surface area contributed by atoms with Gasteiger partial charge in [-0.3, -0.25) is 0 Å². The minimum absolute atomic E-state index is 0. The number of hydrogen-bond donors (Lipinski definition) is 3. The summed E-state index contributed by atoms with van der Waals surface area (Å²) < 4.78 is 88.6. The second-order valence-corrected chi connectivity index (χ2v) is 12.3. The Hall–Kier alpha value is -3.96. The fourth-order valence-electron chi connectivity index (χ4n) is 4.16. The minimum Gasteiger partial charge on any atom is -0.744 e. The van der Waals surface area contributed by atoms with Gasteiger partial charge in [-0.1, -0.05) is 42.5 Å². The number of hydrogen-bond acceptors (Lipinski definition) is 18. The van der Waals surface area contributed by atoms with Gasteiger partial charge in [0.1, 0.15) is 20.2 Å². The molecular weight excluding hydrogens is 728 g/mol. The van der Waals surface area contributed by atoms with E-state index in [0.717, 1.165) is 12.1 Å². The molecular formula is C29H25N9Na2O9S2. The average Bonchev–Trinajstić information content (AvgIpc) is 3.07. The van der Waals surface area contributed by atoms with E-state index in [-0.39, 0.29) is 117 Å². The molecule has 0 bridgehead atoms. The first-order valence-corrected chi connectivity index (χ1v) is 16.5. The third kappa shape index (κ3) is 11.3. The van der Waals surface area contributed by atoms with Crippen LogP contribution in [-0.4, -0.2) is 77.2 Å². The van der Waals surface area contributed by atoms with Crippen molar-refractivity contribution in [1.29, 1.82) is 0 Å². The third-order valence-electron chi connectivity index (χ3n) is 6.31. The number of anilines is 6. The Kier molecular flexibility index (Phi) is 14.6. The number of methoxy groups -OCH3 is 3. The molecule has 2 heterocycles. The van der Waals surface area contributed by atoms with Crippen LogP contribution in [0.5, 0.6) is 18.0 Å². The topological polar surface area (TPSA) is 256 Å². The van der Waals surface area contributed by atoms with Crippen molar-refractivity contribution in [2.45, 2.75) is 9.79 Å². The molecule has 0 fully saturated rings. The average molecular weight is 754 g/mol. The Bertz CT molecular complexity index is 2230. The van der Waals surface area contributed by atoms with Crippen molar-refractivity contribution in [1.82, 2.24) is 29.9 Å². The Morgan fingerprint density at radius 2 is 0.902 bits per heavy atom. The van der Waals surface area contributed by atoms with Crippen molar-refractivity contribution >= 4 is 67.3 Å². The van der Waals surface area contributed by atoms with Gasteiger partial charge >= 0.3 is 77.1 Å². The van der Waals surface area contributed by atoms with E-state index in [1.54, 1.807) is 12.1 Å². The van der Waals surface area contributed by atoms with Crippen LogP contribution >= 0.6 is 0 Å². The van der Waals surface area contributed by atoms with Crippen LogP contribution in [0.3, 0.4) is 0 Å². The zero-order chi connectivity index (χ0) is 35.2. The van der Waals surface area contributed by atoms with Gasteiger partial charge in [0.2, 0.25) is 17.8 Å². The summed E-state index contributed by atoms with van der Waals surface area (Å²) in [6.45, 7) is 0. The summed E-state index contributed by atoms with van der Waals surface area (Å²) in [4.78, 5) is 23.1. The quantitative estimate of drug-likeness (QED) is 0.0628. The molecule has 3 N–H and O–H groups in total. The monoisotopic (exact) mass is 753 g/mol. The molecule has 2 aromatic heterocycles. The fraction of sp³-hybridized carbons (Fsp3) is 0.103. The second-order valence-electron chi connectivity index (χ2n) is 9.59. The summed E-state index contributed by atoms with van der Waals surface area (Å²) >= 11 is 0. The molecule has 0 radical (unpaired) electrons. The number of nitrogens with one attached hydrogen (secondary N) is 3. The molecule has 5 aromatic rings. The van der Waals surface area contributed by atoms with Crippen LogP contribution in [-0.2, 0) is 20.2 Å². The van der Waals surface area contributed by atoms with Crippen LogP contribution in [0.4, 0.5) is 34.9 Å². The molecule has 0 aliphatic rings. The molecule has 3 aromatic carbocycles. The van der Waals surface area contributed by atoms with Crippen molar-refractivity contribution in [2.24, 2.45) is 0 Å². The van der Waals surface area contributed by atoms with E-state index < -0.39 is 30.0 Å². The smallest absolute Gasteiger partial charge is 0.744 e. The van der Waals surface area contributed by atoms with E-state index in [4.69, 9.17) is 14.2 Å². The van der Waals surface area contributed by atoms with Gasteiger partial charge in [0, 0.05) is 17.1 Å². The van der Waals surface area contributed by atoms with E-state index in [1.807, 2.05) is 18.2 Å². The summed E-state index contributed by atoms with van der Waals surface area (Å²) in [5, 5.41) is 8.56. The van der Waals surface area contributed by atoms with Crippen molar-refractivity contribution in [2.75, 3.05) is 37.3 Å². The van der Waals surface area contributed by atoms with Gasteiger partial charge in [-0.25, -0.2) is 16.8 Å². The summed E-state index contributed by atoms with van der Waals surface area (Å²) in [7, 11) is -6.12. The number of nitrogens with zero attached hydrogens (tertiary/aromatic N) is 6. The van der Waals surface area contributed by atoms with Crippen LogP contribution in [0.25, 0.3) is 12.2 Å². The van der Waals surface area contributed by atoms with Crippen LogP contribution in [0.2, 0.25) is 0 Å². The molecule has 0 spiro atoms. The minimum atomic E-state index is -5.07. The number of ether oxygens (including phenoxy) is 3. The predicted octanol–water partition coefficient (Wildman–Crippen LogP) is -2.70. The zero-order valence-corrected chi connectivity index (χ0v) is 33.3. The first-order chi connectivity index (χ1) is 23.3. The molecule has 5 rings (SSSR count). The van der Waals surface area contributed by atoms with Crippen LogP contribution in [0.1, 0.15) is 11.1 Å². The fourth-order valence-corrected chi connectivity index (χ4v) is 5.55. The normalized spacial score (nSPS) is 11.2. The maximum Gasteiger partial charge on any atom is 1.00 e. The van der Waals surface area contributed by atoms with E-state index >= 15 is 0 Å². The molecule has 0 saturated heterocycles. The van der Waals surface area contributed by atoms with Gasteiger partial charge in [-0.15, -0.1) is 4.98 Å². The summed E-state index contributed by atoms with van der Waals surface area (Å²) in [5.74, 6) is 0.0188. The Balaban J connectivity index is 0.00000351. The van der Waals surface area contributed by atoms with Crippen molar-refractivity contribution in [3.05, 3.63) is 77.9 Å². The molecule has 51 heavy (non-hydrogen) atoms. The number of rotatable bonds is 13. The SMILES string of the molecule is COc1nc(Nc2ccccc2)nc(Nc2ccc(C=Cc3ccc(Nc4nc(OC)nc(OC)n4)cc3S(=O)(=O)[O-])c(S(=O)(=O)[O-])c2)n1.[Na+].[Na+]. The molecule has 0 aliphatic carbocycles. The number of para-hydroxylation sites is 1. The Morgan fingerprint density at radius 3 is 1.29 bits per heavy atom. The van der Waals surface area contributed by atoms with Gasteiger partial charge in [0.05, 0.1) is 31.1 Å². The Labute approximate surface area is 336 Å². The number of benzene rings is 3. The summed E-state index contributed by atoms with van der Waals surface area (Å²) in [6.07, 6.45) is 2.36. The molecule has 0 atom stereocenters. The predicted molar refractivity (Wildman–Crippen MR) is 173 cm³/mol. The van der Waals surface area contributed by atoms with E-state index in [2.05, 4.69) is 45.9 Å². The van der Waals surface area contributed by atoms with E-state index in [0.29, 0.717) is 5.69 Å². The van der Waals surface area contributed by atoms with Crippen LogP contribution in [0.15, 0.2) is 76.5 Å². The number of aromatic nitrogens is 6. The van der Waals surface area contributed by atoms with Crippen LogP contribution in [0, 0.1) is 0 Å². The first kappa shape index (κ1) is 41.5. The summed E-state index contributed by atoms with van der Waals surface area (Å²) in [5.41, 5.74) is 0.715. The maximum absolute atomic E-state index is 12.3. The van der Waals surface area contributed by atoms with E-state index in [9.17, 15) is 25.9 Å². The Morgan fingerprint density at radius 1 is 0.529 bits per heavy atom. The van der Waals surface area contributed by atoms with Gasteiger partial charge in [0.15, 0.2) is 0 Å².